The molecule has 1 atom stereocenters. The van der Waals surface area contributed by atoms with Crippen molar-refractivity contribution in [2.45, 2.75) is 40.2 Å². The topological polar surface area (TPSA) is 28.5 Å². The fourth-order valence-corrected chi connectivity index (χ4v) is 5.11. The molecule has 30 heavy (non-hydrogen) atoms. The Bertz CT molecular complexity index is 1090. The number of aromatic nitrogens is 1. The summed E-state index contributed by atoms with van der Waals surface area (Å²) < 4.78 is 2.51. The highest BCUT2D eigenvalue weighted by Crippen LogP contribution is 2.46. The van der Waals surface area contributed by atoms with Crippen LogP contribution in [0.3, 0.4) is 0 Å². The molecule has 1 aromatic heterocycles. The Hall–Kier alpha value is -2.59. The molecule has 0 fully saturated rings. The SMILES string of the molecule is Cc1ccc(-c2c(CC=O)c(C)c3c4c2cc(C)n4C(C)CN3CCN(C)C)cc1. The molecule has 0 saturated heterocycles. The Morgan fingerprint density at radius 2 is 1.83 bits per heavy atom. The number of hydrogen-bond donors (Lipinski definition) is 0. The molecule has 4 nitrogen and oxygen atoms in total. The molecule has 0 amide bonds. The molecule has 4 heteroatoms. The van der Waals surface area contributed by atoms with Crippen molar-refractivity contribution in [3.05, 3.63) is 52.7 Å². The van der Waals surface area contributed by atoms with E-state index in [2.05, 4.69) is 86.5 Å². The number of carbonyl (C=O) groups is 1. The maximum absolute atomic E-state index is 11.7. The van der Waals surface area contributed by atoms with Gasteiger partial charge in [0.1, 0.15) is 6.29 Å². The number of aldehydes is 1. The van der Waals surface area contributed by atoms with E-state index < -0.39 is 0 Å². The van der Waals surface area contributed by atoms with E-state index in [0.29, 0.717) is 12.5 Å². The van der Waals surface area contributed by atoms with Gasteiger partial charge < -0.3 is 19.2 Å². The molecular weight excluding hydrogens is 370 g/mol. The number of aryl methyl sites for hydroxylation is 2. The maximum atomic E-state index is 11.7. The van der Waals surface area contributed by atoms with Crippen molar-refractivity contribution in [2.24, 2.45) is 0 Å². The van der Waals surface area contributed by atoms with Gasteiger partial charge in [-0.05, 0) is 70.1 Å². The normalized spacial score (nSPS) is 16.0. The van der Waals surface area contributed by atoms with Gasteiger partial charge in [-0.15, -0.1) is 0 Å². The molecule has 0 saturated carbocycles. The second-order valence-electron chi connectivity index (χ2n) is 9.08. The standard InChI is InChI=1S/C26H33N3O/c1-17-7-9-21(10-8-17)24-22(11-14-30)20(4)25-26-23(24)15-18(2)29(26)19(3)16-28(25)13-12-27(5)6/h7-10,14-15,19H,11-13,16H2,1-6H3. The molecule has 0 spiro atoms. The summed E-state index contributed by atoms with van der Waals surface area (Å²) in [4.78, 5) is 16.5. The molecule has 4 rings (SSSR count). The van der Waals surface area contributed by atoms with Gasteiger partial charge >= 0.3 is 0 Å². The maximum Gasteiger partial charge on any atom is 0.124 e. The molecule has 1 aliphatic rings. The number of likely N-dealkylation sites (N-methyl/N-ethyl adjacent to an activating group) is 1. The highest BCUT2D eigenvalue weighted by atomic mass is 16.1. The third kappa shape index (κ3) is 3.33. The molecule has 0 N–H and O–H groups in total. The highest BCUT2D eigenvalue weighted by Gasteiger charge is 2.30. The van der Waals surface area contributed by atoms with Crippen LogP contribution < -0.4 is 4.90 Å². The summed E-state index contributed by atoms with van der Waals surface area (Å²) in [6, 6.07) is 11.5. The van der Waals surface area contributed by atoms with E-state index in [-0.39, 0.29) is 0 Å². The molecule has 2 heterocycles. The largest absolute Gasteiger partial charge is 0.366 e. The van der Waals surface area contributed by atoms with Gasteiger partial charge in [0.05, 0.1) is 11.2 Å². The second kappa shape index (κ2) is 7.92. The van der Waals surface area contributed by atoms with Crippen LogP contribution in [0.25, 0.3) is 22.0 Å². The van der Waals surface area contributed by atoms with E-state index in [1.807, 2.05) is 0 Å². The third-order valence-corrected chi connectivity index (χ3v) is 6.52. The summed E-state index contributed by atoms with van der Waals surface area (Å²) >= 11 is 0. The van der Waals surface area contributed by atoms with Crippen LogP contribution in [0.1, 0.15) is 35.3 Å². The Balaban J connectivity index is 2.05. The summed E-state index contributed by atoms with van der Waals surface area (Å²) in [5, 5.41) is 1.27. The van der Waals surface area contributed by atoms with Gasteiger partial charge in [0.25, 0.3) is 0 Å². The first kappa shape index (κ1) is 20.7. The molecule has 0 bridgehead atoms. The molecule has 1 unspecified atom stereocenters. The van der Waals surface area contributed by atoms with Crippen LogP contribution in [-0.2, 0) is 11.2 Å². The van der Waals surface area contributed by atoms with Gasteiger partial charge in [-0.3, -0.25) is 0 Å². The zero-order valence-corrected chi connectivity index (χ0v) is 19.1. The summed E-state index contributed by atoms with van der Waals surface area (Å²) in [5.74, 6) is 0. The van der Waals surface area contributed by atoms with E-state index in [9.17, 15) is 4.79 Å². The first-order valence-electron chi connectivity index (χ1n) is 10.9. The molecule has 0 aliphatic carbocycles. The Morgan fingerprint density at radius 3 is 2.47 bits per heavy atom. The zero-order chi connectivity index (χ0) is 21.6. The fourth-order valence-electron chi connectivity index (χ4n) is 5.11. The van der Waals surface area contributed by atoms with Gasteiger partial charge in [0.2, 0.25) is 0 Å². The van der Waals surface area contributed by atoms with Crippen LogP contribution in [0.2, 0.25) is 0 Å². The van der Waals surface area contributed by atoms with E-state index in [1.165, 1.54) is 44.5 Å². The van der Waals surface area contributed by atoms with Crippen LogP contribution in [0, 0.1) is 20.8 Å². The molecule has 2 aromatic carbocycles. The number of nitrogens with zero attached hydrogens (tertiary/aromatic N) is 3. The summed E-state index contributed by atoms with van der Waals surface area (Å²) in [5.41, 5.74) is 10.0. The average Bonchev–Trinajstić information content (AvgIpc) is 3.04. The van der Waals surface area contributed by atoms with Crippen LogP contribution in [0.4, 0.5) is 5.69 Å². The van der Waals surface area contributed by atoms with E-state index in [4.69, 9.17) is 0 Å². The molecule has 1 aliphatic heterocycles. The number of hydrogen-bond acceptors (Lipinski definition) is 3. The number of carbonyl (C=O) groups excluding carboxylic acids is 1. The average molecular weight is 404 g/mol. The van der Waals surface area contributed by atoms with E-state index in [0.717, 1.165) is 31.5 Å². The van der Waals surface area contributed by atoms with E-state index >= 15 is 0 Å². The van der Waals surface area contributed by atoms with Gasteiger partial charge in [-0.2, -0.15) is 0 Å². The predicted octanol–water partition coefficient (Wildman–Crippen LogP) is 4.92. The zero-order valence-electron chi connectivity index (χ0n) is 19.1. The van der Waals surface area contributed by atoms with Crippen molar-refractivity contribution in [1.82, 2.24) is 9.47 Å². The van der Waals surface area contributed by atoms with Crippen LogP contribution in [0.5, 0.6) is 0 Å². The lowest BCUT2D eigenvalue weighted by molar-refractivity contribution is -0.107. The summed E-state index contributed by atoms with van der Waals surface area (Å²) in [7, 11) is 4.25. The molecule has 0 radical (unpaired) electrons. The Kier molecular flexibility index (Phi) is 5.46. The summed E-state index contributed by atoms with van der Waals surface area (Å²) in [6.07, 6.45) is 1.50. The second-order valence-corrected chi connectivity index (χ2v) is 9.08. The number of rotatable bonds is 6. The number of anilines is 1. The smallest absolute Gasteiger partial charge is 0.124 e. The van der Waals surface area contributed by atoms with Crippen molar-refractivity contribution in [3.8, 4) is 11.1 Å². The van der Waals surface area contributed by atoms with Gasteiger partial charge in [0.15, 0.2) is 0 Å². The minimum absolute atomic E-state index is 0.416. The van der Waals surface area contributed by atoms with Gasteiger partial charge in [-0.1, -0.05) is 29.8 Å². The lowest BCUT2D eigenvalue weighted by Crippen LogP contribution is -2.39. The summed E-state index contributed by atoms with van der Waals surface area (Å²) in [6.45, 7) is 11.8. The van der Waals surface area contributed by atoms with Crippen molar-refractivity contribution in [1.29, 1.82) is 0 Å². The first-order valence-corrected chi connectivity index (χ1v) is 10.9. The van der Waals surface area contributed by atoms with Crippen LogP contribution >= 0.6 is 0 Å². The lowest BCUT2D eigenvalue weighted by Gasteiger charge is -2.38. The Labute approximate surface area is 180 Å². The van der Waals surface area contributed by atoms with Gasteiger partial charge in [0, 0.05) is 43.2 Å². The molecule has 3 aromatic rings. The number of benzene rings is 2. The third-order valence-electron chi connectivity index (χ3n) is 6.52. The van der Waals surface area contributed by atoms with Crippen LogP contribution in [-0.4, -0.2) is 49.5 Å². The quantitative estimate of drug-likeness (QED) is 0.547. The fraction of sp³-hybridized carbons (Fsp3) is 0.423. The minimum Gasteiger partial charge on any atom is -0.366 e. The Morgan fingerprint density at radius 1 is 1.13 bits per heavy atom. The van der Waals surface area contributed by atoms with Crippen molar-refractivity contribution < 1.29 is 4.79 Å². The first-order chi connectivity index (χ1) is 14.3. The van der Waals surface area contributed by atoms with Crippen molar-refractivity contribution in [3.63, 3.8) is 0 Å². The van der Waals surface area contributed by atoms with Gasteiger partial charge in [-0.25, -0.2) is 0 Å². The van der Waals surface area contributed by atoms with Crippen molar-refractivity contribution in [2.75, 3.05) is 38.6 Å². The van der Waals surface area contributed by atoms with Crippen molar-refractivity contribution >= 4 is 22.9 Å². The predicted molar refractivity (Wildman–Crippen MR) is 127 cm³/mol. The van der Waals surface area contributed by atoms with E-state index in [1.54, 1.807) is 0 Å². The lowest BCUT2D eigenvalue weighted by atomic mass is 9.88. The monoisotopic (exact) mass is 403 g/mol. The molecule has 158 valence electrons. The minimum atomic E-state index is 0.416. The molecular formula is C26H33N3O. The van der Waals surface area contributed by atoms with Crippen LogP contribution in [0.15, 0.2) is 30.3 Å². The highest BCUT2D eigenvalue weighted by molar-refractivity contribution is 6.07.